The van der Waals surface area contributed by atoms with Crippen molar-refractivity contribution in [3.05, 3.63) is 182 Å². The molecule has 0 unspecified atom stereocenters. The molecule has 242 valence electrons. The molecule has 0 atom stereocenters. The minimum absolute atomic E-state index is 1.16. The van der Waals surface area contributed by atoms with E-state index in [4.69, 9.17) is 0 Å². The van der Waals surface area contributed by atoms with Gasteiger partial charge in [0.1, 0.15) is 5.65 Å². The van der Waals surface area contributed by atoms with Gasteiger partial charge in [-0.15, -0.1) is 0 Å². The van der Waals surface area contributed by atoms with Gasteiger partial charge in [0.05, 0.1) is 44.1 Å². The van der Waals surface area contributed by atoms with Gasteiger partial charge in [-0.3, -0.25) is 8.80 Å². The standard InChI is InChI=1S/C48H30N4/c1-3-14-35(15-4-1)49-42-21-11-8-18-37(42)39-28-32(24-26-44(39)49)31-23-25-41-34(27-31)30-46-51-40-20-10-7-13-33(40)29-45(51)48-47(52(41)46)38-19-9-12-22-43(38)50(48)36-16-5-2-6-17-36/h1-30H. The highest BCUT2D eigenvalue weighted by Crippen LogP contribution is 2.41. The highest BCUT2D eigenvalue weighted by Gasteiger charge is 2.23. The summed E-state index contributed by atoms with van der Waals surface area (Å²) in [5, 5.41) is 6.21. The molecule has 0 aliphatic carbocycles. The van der Waals surface area contributed by atoms with Crippen LogP contribution in [-0.2, 0) is 0 Å². The van der Waals surface area contributed by atoms with E-state index < -0.39 is 0 Å². The lowest BCUT2D eigenvalue weighted by molar-refractivity contribution is 1.15. The molecular formula is C48H30N4. The zero-order chi connectivity index (χ0) is 33.9. The van der Waals surface area contributed by atoms with Crippen LogP contribution < -0.4 is 0 Å². The van der Waals surface area contributed by atoms with Crippen molar-refractivity contribution in [3.8, 4) is 22.5 Å². The Morgan fingerprint density at radius 2 is 0.846 bits per heavy atom. The molecule has 0 aliphatic rings. The molecule has 0 aliphatic heterocycles. The number of fused-ring (bicyclic) bond motifs is 15. The molecule has 52 heavy (non-hydrogen) atoms. The van der Waals surface area contributed by atoms with Crippen LogP contribution in [0.5, 0.6) is 0 Å². The first kappa shape index (κ1) is 27.7. The van der Waals surface area contributed by atoms with Crippen LogP contribution >= 0.6 is 0 Å². The largest absolute Gasteiger partial charge is 0.309 e. The predicted molar refractivity (Wildman–Crippen MR) is 217 cm³/mol. The Hall–Kier alpha value is -7.04. The van der Waals surface area contributed by atoms with E-state index >= 15 is 0 Å². The second kappa shape index (κ2) is 10.3. The minimum atomic E-state index is 1.16. The maximum absolute atomic E-state index is 2.49. The van der Waals surface area contributed by atoms with E-state index in [1.165, 1.54) is 87.9 Å². The van der Waals surface area contributed by atoms with Crippen LogP contribution in [-0.4, -0.2) is 17.9 Å². The number of benzene rings is 7. The van der Waals surface area contributed by atoms with Crippen molar-refractivity contribution in [2.24, 2.45) is 0 Å². The van der Waals surface area contributed by atoms with Crippen LogP contribution in [0.4, 0.5) is 0 Å². The number of nitrogens with zero attached hydrogens (tertiary/aromatic N) is 4. The van der Waals surface area contributed by atoms with Crippen molar-refractivity contribution in [1.82, 2.24) is 17.9 Å². The van der Waals surface area contributed by atoms with E-state index in [9.17, 15) is 0 Å². The molecule has 0 spiro atoms. The molecule has 0 N–H and O–H groups in total. The first-order valence-electron chi connectivity index (χ1n) is 17.9. The average Bonchev–Trinajstić information content (AvgIpc) is 3.96. The van der Waals surface area contributed by atoms with Gasteiger partial charge in [0, 0.05) is 38.3 Å². The van der Waals surface area contributed by atoms with Gasteiger partial charge in [-0.2, -0.15) is 0 Å². The van der Waals surface area contributed by atoms with Crippen molar-refractivity contribution in [3.63, 3.8) is 0 Å². The van der Waals surface area contributed by atoms with Gasteiger partial charge >= 0.3 is 0 Å². The zero-order valence-electron chi connectivity index (χ0n) is 28.1. The lowest BCUT2D eigenvalue weighted by Gasteiger charge is -2.11. The lowest BCUT2D eigenvalue weighted by atomic mass is 10.0. The minimum Gasteiger partial charge on any atom is -0.309 e. The van der Waals surface area contributed by atoms with Crippen LogP contribution in [0, 0.1) is 0 Å². The molecule has 0 radical (unpaired) electrons. The Morgan fingerprint density at radius 1 is 0.288 bits per heavy atom. The van der Waals surface area contributed by atoms with Gasteiger partial charge in [-0.05, 0) is 90.0 Å². The summed E-state index contributed by atoms with van der Waals surface area (Å²) >= 11 is 0. The average molecular weight is 663 g/mol. The summed E-state index contributed by atoms with van der Waals surface area (Å²) < 4.78 is 9.77. The third kappa shape index (κ3) is 3.65. The van der Waals surface area contributed by atoms with E-state index in [2.05, 4.69) is 200 Å². The second-order valence-electron chi connectivity index (χ2n) is 13.8. The second-order valence-corrected chi connectivity index (χ2v) is 13.8. The van der Waals surface area contributed by atoms with Crippen molar-refractivity contribution in [1.29, 1.82) is 0 Å². The number of hydrogen-bond donors (Lipinski definition) is 0. The Balaban J connectivity index is 1.17. The fraction of sp³-hybridized carbons (Fsp3) is 0. The summed E-state index contributed by atoms with van der Waals surface area (Å²) in [4.78, 5) is 0. The molecule has 0 saturated carbocycles. The highest BCUT2D eigenvalue weighted by atomic mass is 15.1. The molecule has 12 rings (SSSR count). The molecular weight excluding hydrogens is 633 g/mol. The van der Waals surface area contributed by atoms with Crippen molar-refractivity contribution in [2.45, 2.75) is 0 Å². The Kier molecular flexibility index (Phi) is 5.47. The zero-order valence-corrected chi connectivity index (χ0v) is 28.1. The summed E-state index contributed by atoms with van der Waals surface area (Å²) in [6.07, 6.45) is 0. The molecule has 12 aromatic rings. The van der Waals surface area contributed by atoms with Crippen LogP contribution in [0.1, 0.15) is 0 Å². The van der Waals surface area contributed by atoms with Crippen molar-refractivity contribution in [2.75, 3.05) is 0 Å². The van der Waals surface area contributed by atoms with Crippen LogP contribution in [0.3, 0.4) is 0 Å². The number of para-hydroxylation sites is 5. The monoisotopic (exact) mass is 662 g/mol. The molecule has 5 aromatic heterocycles. The maximum Gasteiger partial charge on any atom is 0.123 e. The molecule has 0 fully saturated rings. The topological polar surface area (TPSA) is 18.7 Å². The first-order chi connectivity index (χ1) is 25.8. The van der Waals surface area contributed by atoms with Gasteiger partial charge in [0.2, 0.25) is 0 Å². The quantitative estimate of drug-likeness (QED) is 0.179. The fourth-order valence-electron chi connectivity index (χ4n) is 8.89. The van der Waals surface area contributed by atoms with Gasteiger partial charge in [0.15, 0.2) is 0 Å². The fourth-order valence-corrected chi connectivity index (χ4v) is 8.89. The molecule has 0 saturated heterocycles. The van der Waals surface area contributed by atoms with Crippen LogP contribution in [0.15, 0.2) is 182 Å². The number of aromatic nitrogens is 4. The highest BCUT2D eigenvalue weighted by molar-refractivity contribution is 6.17. The Bertz CT molecular complexity index is 3390. The Labute approximate surface area is 298 Å². The molecule has 0 amide bonds. The molecule has 5 heterocycles. The Morgan fingerprint density at radius 3 is 1.62 bits per heavy atom. The predicted octanol–water partition coefficient (Wildman–Crippen LogP) is 12.4. The van der Waals surface area contributed by atoms with E-state index in [1.54, 1.807) is 0 Å². The summed E-state index contributed by atoms with van der Waals surface area (Å²) in [6, 6.07) is 66.4. The number of rotatable bonds is 3. The molecule has 4 nitrogen and oxygen atoms in total. The third-order valence-corrected chi connectivity index (χ3v) is 11.1. The molecule has 0 bridgehead atoms. The summed E-state index contributed by atoms with van der Waals surface area (Å²) in [5.41, 5.74) is 15.6. The first-order valence-corrected chi connectivity index (χ1v) is 17.9. The molecule has 7 aromatic carbocycles. The third-order valence-electron chi connectivity index (χ3n) is 11.1. The smallest absolute Gasteiger partial charge is 0.123 e. The van der Waals surface area contributed by atoms with E-state index in [1.807, 2.05) is 0 Å². The van der Waals surface area contributed by atoms with Crippen LogP contribution in [0.2, 0.25) is 0 Å². The van der Waals surface area contributed by atoms with E-state index in [-0.39, 0.29) is 0 Å². The van der Waals surface area contributed by atoms with E-state index in [0.29, 0.717) is 0 Å². The van der Waals surface area contributed by atoms with Gasteiger partial charge in [-0.1, -0.05) is 103 Å². The summed E-state index contributed by atoms with van der Waals surface area (Å²) in [6.45, 7) is 0. The van der Waals surface area contributed by atoms with Gasteiger partial charge in [-0.25, -0.2) is 0 Å². The van der Waals surface area contributed by atoms with Crippen molar-refractivity contribution < 1.29 is 0 Å². The normalized spacial score (nSPS) is 12.2. The number of hydrogen-bond acceptors (Lipinski definition) is 0. The lowest BCUT2D eigenvalue weighted by Crippen LogP contribution is -1.99. The molecule has 4 heteroatoms. The SMILES string of the molecule is c1ccc(-n2c3ccccc3c3cc(-c4ccc5c(c4)cc4n6c7ccccc7cc6c6c(c7ccccc7n6-c6ccccc6)n54)ccc32)cc1. The summed E-state index contributed by atoms with van der Waals surface area (Å²) in [5.74, 6) is 0. The summed E-state index contributed by atoms with van der Waals surface area (Å²) in [7, 11) is 0. The van der Waals surface area contributed by atoms with Gasteiger partial charge < -0.3 is 9.13 Å². The van der Waals surface area contributed by atoms with Crippen molar-refractivity contribution >= 4 is 76.7 Å². The van der Waals surface area contributed by atoms with Crippen LogP contribution in [0.25, 0.3) is 99.2 Å². The van der Waals surface area contributed by atoms with Gasteiger partial charge in [0.25, 0.3) is 0 Å². The maximum atomic E-state index is 2.49. The van der Waals surface area contributed by atoms with E-state index in [0.717, 1.165) is 11.3 Å².